The predicted molar refractivity (Wildman–Crippen MR) is 152 cm³/mol. The van der Waals surface area contributed by atoms with Gasteiger partial charge in [0.15, 0.2) is 0 Å². The van der Waals surface area contributed by atoms with Crippen molar-refractivity contribution in [1.82, 2.24) is 0 Å². The summed E-state index contributed by atoms with van der Waals surface area (Å²) in [6.07, 6.45) is 3.34. The molecule has 10 heteroatoms. The Morgan fingerprint density at radius 1 is 0.814 bits per heavy atom. The third-order valence-electron chi connectivity index (χ3n) is 12.3. The Hall–Kier alpha value is -2.91. The minimum Gasteiger partial charge on any atom is -0.462 e. The van der Waals surface area contributed by atoms with Gasteiger partial charge in [-0.25, -0.2) is 4.79 Å². The lowest BCUT2D eigenvalue weighted by atomic mass is 9.36. The molecule has 4 fully saturated rings. The Morgan fingerprint density at radius 3 is 1.98 bits per heavy atom. The highest BCUT2D eigenvalue weighted by atomic mass is 16.6. The molecule has 1 saturated heterocycles. The molecule has 0 N–H and O–H groups in total. The zero-order chi connectivity index (χ0) is 31.9. The van der Waals surface area contributed by atoms with Crippen LogP contribution in [0, 0.1) is 39.9 Å². The van der Waals surface area contributed by atoms with Gasteiger partial charge in [-0.2, -0.15) is 0 Å². The van der Waals surface area contributed by atoms with Crippen LogP contribution in [0.4, 0.5) is 0 Å². The van der Waals surface area contributed by atoms with Crippen molar-refractivity contribution < 1.29 is 47.7 Å². The Morgan fingerprint density at radius 2 is 1.42 bits per heavy atom. The quantitative estimate of drug-likeness (QED) is 0.336. The molecule has 5 rings (SSSR count). The molecule has 2 heterocycles. The van der Waals surface area contributed by atoms with Crippen molar-refractivity contribution in [1.29, 1.82) is 0 Å². The standard InChI is InChI=1S/C33H46O10/c1-17(34)39-22-14-21-20(31(7)13-11-26(37)43-31)15-25(41-19(3)36)33(21,9)30(6)12-10-23-29(4,5)42-27(38)16-24(40-18(2)35)32(23,8)28(22)30/h11,13,20-25,28H,10,12,14-16H2,1-9H3/t20-,21+,22+,23-,24+,25-,28-,30+,31-,32+,33-/m0/s1. The largest absolute Gasteiger partial charge is 0.462 e. The molecule has 2 aliphatic heterocycles. The molecule has 0 amide bonds. The van der Waals surface area contributed by atoms with Crippen LogP contribution in [-0.2, 0) is 47.7 Å². The van der Waals surface area contributed by atoms with E-state index in [9.17, 15) is 24.0 Å². The average Bonchev–Trinajstić information content (AvgIpc) is 3.32. The first-order valence-corrected chi connectivity index (χ1v) is 15.4. The molecule has 0 unspecified atom stereocenters. The summed E-state index contributed by atoms with van der Waals surface area (Å²) in [5.74, 6) is -3.20. The van der Waals surface area contributed by atoms with Crippen LogP contribution in [0.15, 0.2) is 12.2 Å². The zero-order valence-electron chi connectivity index (χ0n) is 26.8. The lowest BCUT2D eigenvalue weighted by Crippen LogP contribution is -2.70. The van der Waals surface area contributed by atoms with Crippen LogP contribution in [0.5, 0.6) is 0 Å². The summed E-state index contributed by atoms with van der Waals surface area (Å²) in [5, 5.41) is 0. The predicted octanol–water partition coefficient (Wildman–Crippen LogP) is 4.46. The van der Waals surface area contributed by atoms with E-state index >= 15 is 0 Å². The number of carbonyl (C=O) groups excluding carboxylic acids is 5. The van der Waals surface area contributed by atoms with Crippen molar-refractivity contribution in [2.75, 3.05) is 0 Å². The number of hydrogen-bond acceptors (Lipinski definition) is 10. The summed E-state index contributed by atoms with van der Waals surface area (Å²) in [6.45, 7) is 16.2. The third kappa shape index (κ3) is 4.60. The van der Waals surface area contributed by atoms with Gasteiger partial charge in [0.25, 0.3) is 0 Å². The van der Waals surface area contributed by atoms with Gasteiger partial charge in [0.1, 0.15) is 29.5 Å². The Kier molecular flexibility index (Phi) is 7.37. The monoisotopic (exact) mass is 602 g/mol. The molecule has 0 aromatic carbocycles. The van der Waals surface area contributed by atoms with E-state index in [0.29, 0.717) is 25.7 Å². The van der Waals surface area contributed by atoms with Gasteiger partial charge in [-0.3, -0.25) is 19.2 Å². The number of hydrogen-bond donors (Lipinski definition) is 0. The second-order valence-electron chi connectivity index (χ2n) is 14.9. The van der Waals surface area contributed by atoms with E-state index in [2.05, 4.69) is 13.8 Å². The van der Waals surface area contributed by atoms with E-state index in [0.717, 1.165) is 0 Å². The van der Waals surface area contributed by atoms with Crippen molar-refractivity contribution in [3.8, 4) is 0 Å². The Labute approximate surface area is 253 Å². The first kappa shape index (κ1) is 31.5. The number of ether oxygens (including phenoxy) is 5. The van der Waals surface area contributed by atoms with Gasteiger partial charge in [0.05, 0.1) is 6.42 Å². The van der Waals surface area contributed by atoms with Crippen LogP contribution < -0.4 is 0 Å². The van der Waals surface area contributed by atoms with Gasteiger partial charge < -0.3 is 23.7 Å². The molecule has 5 aliphatic rings. The Balaban J connectivity index is 1.74. The molecule has 43 heavy (non-hydrogen) atoms. The summed E-state index contributed by atoms with van der Waals surface area (Å²) in [7, 11) is 0. The Bertz CT molecular complexity index is 1270. The average molecular weight is 603 g/mol. The number of fused-ring (bicyclic) bond motifs is 5. The van der Waals surface area contributed by atoms with Gasteiger partial charge in [-0.1, -0.05) is 20.8 Å². The van der Waals surface area contributed by atoms with E-state index in [4.69, 9.17) is 23.7 Å². The number of rotatable bonds is 4. The molecule has 238 valence electrons. The van der Waals surface area contributed by atoms with Crippen LogP contribution in [-0.4, -0.2) is 59.4 Å². The highest BCUT2D eigenvalue weighted by Gasteiger charge is 2.77. The van der Waals surface area contributed by atoms with Crippen LogP contribution in [0.25, 0.3) is 0 Å². The maximum atomic E-state index is 13.1. The van der Waals surface area contributed by atoms with E-state index < -0.39 is 81.5 Å². The summed E-state index contributed by atoms with van der Waals surface area (Å²) in [6, 6.07) is 0. The molecule has 3 saturated carbocycles. The fourth-order valence-electron chi connectivity index (χ4n) is 10.8. The van der Waals surface area contributed by atoms with Crippen molar-refractivity contribution in [2.24, 2.45) is 39.9 Å². The fraction of sp³-hybridized carbons (Fsp3) is 0.788. The van der Waals surface area contributed by atoms with Crippen LogP contribution in [0.3, 0.4) is 0 Å². The maximum absolute atomic E-state index is 13.1. The number of carbonyl (C=O) groups is 5. The van der Waals surface area contributed by atoms with Crippen LogP contribution >= 0.6 is 0 Å². The minimum absolute atomic E-state index is 0.121. The first-order chi connectivity index (χ1) is 19.8. The van der Waals surface area contributed by atoms with Gasteiger partial charge in [-0.05, 0) is 63.9 Å². The summed E-state index contributed by atoms with van der Waals surface area (Å²) >= 11 is 0. The van der Waals surface area contributed by atoms with Crippen LogP contribution in [0.1, 0.15) is 94.4 Å². The second-order valence-corrected chi connectivity index (χ2v) is 14.9. The number of esters is 5. The maximum Gasteiger partial charge on any atom is 0.331 e. The van der Waals surface area contributed by atoms with Gasteiger partial charge in [0, 0.05) is 55.4 Å². The van der Waals surface area contributed by atoms with Crippen molar-refractivity contribution >= 4 is 29.8 Å². The van der Waals surface area contributed by atoms with E-state index in [1.807, 2.05) is 27.7 Å². The summed E-state index contributed by atoms with van der Waals surface area (Å²) in [5.41, 5.74) is -3.93. The molecule has 0 bridgehead atoms. The lowest BCUT2D eigenvalue weighted by molar-refractivity contribution is -0.275. The molecule has 0 spiro atoms. The van der Waals surface area contributed by atoms with Crippen molar-refractivity contribution in [2.45, 2.75) is 124 Å². The van der Waals surface area contributed by atoms with Gasteiger partial charge in [-0.15, -0.1) is 0 Å². The molecule has 0 aromatic heterocycles. The molecular weight excluding hydrogens is 556 g/mol. The summed E-state index contributed by atoms with van der Waals surface area (Å²) < 4.78 is 30.2. The molecule has 10 nitrogen and oxygen atoms in total. The van der Waals surface area contributed by atoms with Crippen molar-refractivity contribution in [3.05, 3.63) is 12.2 Å². The highest BCUT2D eigenvalue weighted by molar-refractivity contribution is 5.85. The SMILES string of the molecule is CC(=O)O[C@H]1C[C@H]([C@]2(C)C=CC(=O)O2)[C@H]2C[C@@H](OC(C)=O)[C@@H]3[C@@]4(C)[C@H](OC(C)=O)CC(=O)OC(C)(C)[C@@H]4CC[C@@]3(C)[C@]12C. The second kappa shape index (κ2) is 10.1. The van der Waals surface area contributed by atoms with E-state index in [1.165, 1.54) is 26.8 Å². The highest BCUT2D eigenvalue weighted by Crippen LogP contribution is 2.75. The normalized spacial score (nSPS) is 46.3. The molecule has 11 atom stereocenters. The molecule has 3 aliphatic carbocycles. The first-order valence-electron chi connectivity index (χ1n) is 15.4. The lowest BCUT2D eigenvalue weighted by Gasteiger charge is -2.69. The van der Waals surface area contributed by atoms with Crippen LogP contribution in [0.2, 0.25) is 0 Å². The molecule has 0 radical (unpaired) electrons. The molecule has 0 aromatic rings. The zero-order valence-corrected chi connectivity index (χ0v) is 26.8. The smallest absolute Gasteiger partial charge is 0.331 e. The molecular formula is C33H46O10. The van der Waals surface area contributed by atoms with Crippen molar-refractivity contribution in [3.63, 3.8) is 0 Å². The van der Waals surface area contributed by atoms with E-state index in [1.54, 1.807) is 6.08 Å². The van der Waals surface area contributed by atoms with Gasteiger partial charge >= 0.3 is 29.8 Å². The summed E-state index contributed by atoms with van der Waals surface area (Å²) in [4.78, 5) is 63.3. The topological polar surface area (TPSA) is 132 Å². The minimum atomic E-state index is -0.923. The fourth-order valence-corrected chi connectivity index (χ4v) is 10.8. The third-order valence-corrected chi connectivity index (χ3v) is 12.3. The van der Waals surface area contributed by atoms with Gasteiger partial charge in [0.2, 0.25) is 0 Å². The number of cyclic esters (lactones) is 2. The van der Waals surface area contributed by atoms with E-state index in [-0.39, 0.29) is 24.2 Å².